The molecule has 0 radical (unpaired) electrons. The van der Waals surface area contributed by atoms with Crippen molar-refractivity contribution < 1.29 is 14.3 Å². The van der Waals surface area contributed by atoms with Crippen molar-refractivity contribution in [2.75, 3.05) is 5.32 Å². The molecule has 130 valence electrons. The van der Waals surface area contributed by atoms with E-state index in [1.54, 1.807) is 24.3 Å². The predicted octanol–water partition coefficient (Wildman–Crippen LogP) is 3.80. The molecule has 1 aliphatic rings. The second-order valence-electron chi connectivity index (χ2n) is 6.95. The van der Waals surface area contributed by atoms with Gasteiger partial charge in [-0.2, -0.15) is 0 Å². The zero-order valence-electron chi connectivity index (χ0n) is 14.2. The number of rotatable bonds is 3. The van der Waals surface area contributed by atoms with Crippen LogP contribution in [0.15, 0.2) is 53.0 Å². The van der Waals surface area contributed by atoms with Crippen LogP contribution >= 0.6 is 15.9 Å². The highest BCUT2D eigenvalue weighted by molar-refractivity contribution is 9.10. The van der Waals surface area contributed by atoms with Crippen LogP contribution in [0.1, 0.15) is 36.7 Å². The highest BCUT2D eigenvalue weighted by Crippen LogP contribution is 2.38. The average molecular weight is 403 g/mol. The van der Waals surface area contributed by atoms with Crippen molar-refractivity contribution in [1.29, 1.82) is 0 Å². The van der Waals surface area contributed by atoms with Crippen LogP contribution in [0.2, 0.25) is 0 Å². The number of anilines is 1. The molecule has 1 unspecified atom stereocenters. The Morgan fingerprint density at radius 3 is 2.36 bits per heavy atom. The van der Waals surface area contributed by atoms with Gasteiger partial charge >= 0.3 is 5.97 Å². The van der Waals surface area contributed by atoms with Gasteiger partial charge in [0.25, 0.3) is 11.6 Å². The lowest BCUT2D eigenvalue weighted by Crippen LogP contribution is -2.55. The lowest BCUT2D eigenvalue weighted by Gasteiger charge is -2.33. The molecule has 0 fully saturated rings. The maximum Gasteiger partial charge on any atom is 0.341 e. The molecule has 2 aromatic carbocycles. The summed E-state index contributed by atoms with van der Waals surface area (Å²) in [4.78, 5) is 25.4. The zero-order chi connectivity index (χ0) is 18.2. The molecule has 3 rings (SSSR count). The summed E-state index contributed by atoms with van der Waals surface area (Å²) >= 11 is 3.38. The van der Waals surface area contributed by atoms with Gasteiger partial charge in [-0.25, -0.2) is 4.79 Å². The molecule has 0 aliphatic carbocycles. The molecule has 0 saturated carbocycles. The summed E-state index contributed by atoms with van der Waals surface area (Å²) in [7, 11) is 0. The van der Waals surface area contributed by atoms with Gasteiger partial charge in [-0.05, 0) is 51.1 Å². The quantitative estimate of drug-likeness (QED) is 0.766. The molecule has 0 bridgehead atoms. The molecule has 1 aliphatic heterocycles. The number of nitrogens with one attached hydrogen (secondary N) is 2. The molecule has 25 heavy (non-hydrogen) atoms. The molecule has 6 heteroatoms. The van der Waals surface area contributed by atoms with Crippen molar-refractivity contribution >= 4 is 33.5 Å². The minimum Gasteiger partial charge on any atom is -0.421 e. The minimum absolute atomic E-state index is 0.385. The van der Waals surface area contributed by atoms with Crippen LogP contribution in [-0.2, 0) is 15.3 Å². The molecule has 0 aromatic heterocycles. The summed E-state index contributed by atoms with van der Waals surface area (Å²) in [6.45, 7) is 5.63. The summed E-state index contributed by atoms with van der Waals surface area (Å²) < 4.78 is 6.50. The fraction of sp³-hybridized carbons (Fsp3) is 0.263. The Kier molecular flexibility index (Phi) is 4.33. The number of benzene rings is 2. The lowest BCUT2D eigenvalue weighted by molar-refractivity contribution is -0.139. The van der Waals surface area contributed by atoms with Gasteiger partial charge in [0, 0.05) is 21.3 Å². The third-order valence-electron chi connectivity index (χ3n) is 3.74. The Morgan fingerprint density at radius 2 is 1.72 bits per heavy atom. The number of carbonyl (C=O) groups excluding carboxylic acids is 2. The fourth-order valence-corrected chi connectivity index (χ4v) is 2.96. The van der Waals surface area contributed by atoms with Crippen LogP contribution in [0.4, 0.5) is 5.69 Å². The minimum atomic E-state index is -1.60. The number of cyclic esters (lactones) is 1. The molecule has 1 atom stereocenters. The van der Waals surface area contributed by atoms with Gasteiger partial charge in [-0.1, -0.05) is 34.1 Å². The molecular weight excluding hydrogens is 384 g/mol. The molecule has 1 heterocycles. The van der Waals surface area contributed by atoms with E-state index in [2.05, 4.69) is 26.6 Å². The summed E-state index contributed by atoms with van der Waals surface area (Å²) in [6.07, 6.45) is 0. The van der Waals surface area contributed by atoms with Crippen molar-refractivity contribution in [2.24, 2.45) is 0 Å². The van der Waals surface area contributed by atoms with Gasteiger partial charge in [0.05, 0.1) is 5.56 Å². The maximum absolute atomic E-state index is 13.1. The molecular formula is C19H19BrN2O3. The summed E-state index contributed by atoms with van der Waals surface area (Å²) in [5.74, 6) is -0.939. The first-order chi connectivity index (χ1) is 11.7. The summed E-state index contributed by atoms with van der Waals surface area (Å²) in [5, 5.41) is 6.02. The van der Waals surface area contributed by atoms with Crippen LogP contribution in [0, 0.1) is 0 Å². The highest BCUT2D eigenvalue weighted by Gasteiger charge is 2.52. The molecule has 2 aromatic rings. The third-order valence-corrected chi connectivity index (χ3v) is 4.27. The van der Waals surface area contributed by atoms with Gasteiger partial charge in [-0.3, -0.25) is 4.79 Å². The molecule has 5 nitrogen and oxygen atoms in total. The monoisotopic (exact) mass is 402 g/mol. The maximum atomic E-state index is 13.1. The van der Waals surface area contributed by atoms with E-state index in [0.717, 1.165) is 4.47 Å². The molecule has 1 amide bonds. The first kappa shape index (κ1) is 17.5. The number of amides is 1. The number of esters is 1. The first-order valence-electron chi connectivity index (χ1n) is 7.90. The van der Waals surface area contributed by atoms with Gasteiger partial charge in [0.1, 0.15) is 0 Å². The fourth-order valence-electron chi connectivity index (χ4n) is 2.70. The van der Waals surface area contributed by atoms with Crippen LogP contribution in [0.25, 0.3) is 0 Å². The van der Waals surface area contributed by atoms with E-state index < -0.39 is 23.1 Å². The van der Waals surface area contributed by atoms with Gasteiger partial charge in [0.15, 0.2) is 0 Å². The van der Waals surface area contributed by atoms with Crippen LogP contribution in [-0.4, -0.2) is 17.4 Å². The van der Waals surface area contributed by atoms with Crippen molar-refractivity contribution in [3.63, 3.8) is 0 Å². The normalized spacial score (nSPS) is 19.1. The molecule has 2 N–H and O–H groups in total. The number of carbonyl (C=O) groups is 2. The summed E-state index contributed by atoms with van der Waals surface area (Å²) in [6, 6.07) is 14.2. The number of fused-ring (bicyclic) bond motifs is 1. The SMILES string of the molecule is CC(C)(C)NC(=O)C1(Nc2ccc(Br)cc2)OC(=O)c2ccccc21. The molecule has 0 saturated heterocycles. The number of hydrogen-bond donors (Lipinski definition) is 2. The summed E-state index contributed by atoms with van der Waals surface area (Å²) in [5.41, 5.74) is -0.526. The van der Waals surface area contributed by atoms with E-state index in [-0.39, 0.29) is 0 Å². The van der Waals surface area contributed by atoms with E-state index in [4.69, 9.17) is 4.74 Å². The van der Waals surface area contributed by atoms with Crippen LogP contribution in [0.3, 0.4) is 0 Å². The largest absolute Gasteiger partial charge is 0.421 e. The lowest BCUT2D eigenvalue weighted by atomic mass is 9.97. The smallest absolute Gasteiger partial charge is 0.341 e. The Labute approximate surface area is 154 Å². The number of ether oxygens (including phenoxy) is 1. The van der Waals surface area contributed by atoms with Crippen molar-refractivity contribution in [1.82, 2.24) is 5.32 Å². The predicted molar refractivity (Wildman–Crippen MR) is 99.2 cm³/mol. The number of halogens is 1. The Hall–Kier alpha value is -2.34. The van der Waals surface area contributed by atoms with Crippen molar-refractivity contribution in [3.8, 4) is 0 Å². The second-order valence-corrected chi connectivity index (χ2v) is 7.87. The Morgan fingerprint density at radius 1 is 1.08 bits per heavy atom. The highest BCUT2D eigenvalue weighted by atomic mass is 79.9. The first-order valence-corrected chi connectivity index (χ1v) is 8.70. The van der Waals surface area contributed by atoms with E-state index in [0.29, 0.717) is 16.8 Å². The van der Waals surface area contributed by atoms with Gasteiger partial charge in [0.2, 0.25) is 0 Å². The van der Waals surface area contributed by atoms with E-state index in [1.807, 2.05) is 45.0 Å². The topological polar surface area (TPSA) is 67.4 Å². The van der Waals surface area contributed by atoms with E-state index in [9.17, 15) is 9.59 Å². The molecule has 0 spiro atoms. The zero-order valence-corrected chi connectivity index (χ0v) is 15.8. The van der Waals surface area contributed by atoms with Crippen LogP contribution in [0.5, 0.6) is 0 Å². The second kappa shape index (κ2) is 6.19. The van der Waals surface area contributed by atoms with Crippen molar-refractivity contribution in [2.45, 2.75) is 32.0 Å². The van der Waals surface area contributed by atoms with E-state index in [1.165, 1.54) is 0 Å². The average Bonchev–Trinajstić information content (AvgIpc) is 2.82. The van der Waals surface area contributed by atoms with Crippen molar-refractivity contribution in [3.05, 3.63) is 64.1 Å². The van der Waals surface area contributed by atoms with E-state index >= 15 is 0 Å². The van der Waals surface area contributed by atoms with Gasteiger partial charge < -0.3 is 15.4 Å². The number of hydrogen-bond acceptors (Lipinski definition) is 4. The third kappa shape index (κ3) is 3.39. The standard InChI is InChI=1S/C19H19BrN2O3/c1-18(2,3)22-17(24)19(21-13-10-8-12(20)9-11-13)15-7-5-4-6-14(15)16(23)25-19/h4-11,21H,1-3H3,(H,22,24). The Bertz CT molecular complexity index is 827. The van der Waals surface area contributed by atoms with Gasteiger partial charge in [-0.15, -0.1) is 0 Å². The Balaban J connectivity index is 2.08. The van der Waals surface area contributed by atoms with Crippen LogP contribution < -0.4 is 10.6 Å².